The van der Waals surface area contributed by atoms with Gasteiger partial charge in [-0.2, -0.15) is 13.2 Å². The van der Waals surface area contributed by atoms with E-state index in [1.54, 1.807) is 30.6 Å². The fourth-order valence-electron chi connectivity index (χ4n) is 3.92. The maximum absolute atomic E-state index is 13.0. The van der Waals surface area contributed by atoms with Crippen molar-refractivity contribution >= 4 is 28.9 Å². The average Bonchev–Trinajstić information content (AvgIpc) is 2.74. The number of anilines is 1. The summed E-state index contributed by atoms with van der Waals surface area (Å²) in [4.78, 5) is 6.31. The number of rotatable bonds is 3. The quantitative estimate of drug-likeness (QED) is 0.508. The van der Waals surface area contributed by atoms with Gasteiger partial charge in [0.15, 0.2) is 0 Å². The first-order chi connectivity index (χ1) is 15.1. The highest BCUT2D eigenvalue weighted by Crippen LogP contribution is 2.42. The molecule has 4 nitrogen and oxygen atoms in total. The number of β-amino-alcohol motifs (C(OH)–C–C–N with tert-alkyl or cyclic N) is 1. The number of nitrogens with two attached hydrogens (primary N) is 1. The summed E-state index contributed by atoms with van der Waals surface area (Å²) >= 11 is 12.4. The van der Waals surface area contributed by atoms with Crippen molar-refractivity contribution in [1.82, 2.24) is 4.98 Å². The number of pyridine rings is 1. The number of aromatic nitrogens is 1. The summed E-state index contributed by atoms with van der Waals surface area (Å²) in [5, 5.41) is 11.3. The number of aliphatic hydroxyl groups excluding tert-OH is 1. The molecule has 2 aromatic carbocycles. The molecule has 1 fully saturated rings. The lowest BCUT2D eigenvalue weighted by Gasteiger charge is -2.37. The summed E-state index contributed by atoms with van der Waals surface area (Å²) in [6.45, 7) is 0.845. The normalized spacial score (nSPS) is 19.3. The third-order valence-electron chi connectivity index (χ3n) is 5.56. The summed E-state index contributed by atoms with van der Waals surface area (Å²) in [5.41, 5.74) is 8.60. The van der Waals surface area contributed by atoms with E-state index in [1.165, 1.54) is 12.1 Å². The number of alkyl halides is 3. The van der Waals surface area contributed by atoms with E-state index in [-0.39, 0.29) is 12.6 Å². The molecule has 0 saturated carbocycles. The maximum Gasteiger partial charge on any atom is 0.416 e. The van der Waals surface area contributed by atoms with E-state index in [1.807, 2.05) is 4.90 Å². The highest BCUT2D eigenvalue weighted by atomic mass is 35.5. The molecule has 32 heavy (non-hydrogen) atoms. The van der Waals surface area contributed by atoms with Crippen LogP contribution in [0.15, 0.2) is 54.9 Å². The first-order valence-corrected chi connectivity index (χ1v) is 10.7. The monoisotopic (exact) mass is 481 g/mol. The molecule has 0 aliphatic carbocycles. The van der Waals surface area contributed by atoms with E-state index >= 15 is 0 Å². The third kappa shape index (κ3) is 4.71. The van der Waals surface area contributed by atoms with Crippen molar-refractivity contribution in [2.45, 2.75) is 24.7 Å². The van der Waals surface area contributed by atoms with Gasteiger partial charge < -0.3 is 15.7 Å². The molecule has 168 valence electrons. The van der Waals surface area contributed by atoms with Gasteiger partial charge >= 0.3 is 6.18 Å². The fraction of sp³-hybridized carbons (Fsp3) is 0.261. The minimum Gasteiger partial charge on any atom is -0.390 e. The molecule has 1 aliphatic heterocycles. The molecule has 3 N–H and O–H groups in total. The zero-order valence-corrected chi connectivity index (χ0v) is 18.3. The summed E-state index contributed by atoms with van der Waals surface area (Å²) in [6, 6.07) is 9.70. The van der Waals surface area contributed by atoms with Crippen LogP contribution >= 0.6 is 23.2 Å². The molecule has 1 aromatic heterocycles. The van der Waals surface area contributed by atoms with Gasteiger partial charge in [0.25, 0.3) is 0 Å². The number of halogens is 5. The van der Waals surface area contributed by atoms with Crippen LogP contribution in [0.4, 0.5) is 18.9 Å². The molecular formula is C23H20Cl2F3N3O. The molecule has 0 unspecified atom stereocenters. The lowest BCUT2D eigenvalue weighted by atomic mass is 9.94. The Morgan fingerprint density at radius 2 is 1.56 bits per heavy atom. The highest BCUT2D eigenvalue weighted by molar-refractivity contribution is 6.35. The van der Waals surface area contributed by atoms with E-state index in [2.05, 4.69) is 4.98 Å². The summed E-state index contributed by atoms with van der Waals surface area (Å²) in [5.74, 6) is 0. The van der Waals surface area contributed by atoms with Crippen LogP contribution in [-0.4, -0.2) is 35.3 Å². The largest absolute Gasteiger partial charge is 0.416 e. The maximum atomic E-state index is 13.0. The van der Waals surface area contributed by atoms with Gasteiger partial charge in [-0.25, -0.2) is 0 Å². The predicted molar refractivity (Wildman–Crippen MR) is 121 cm³/mol. The van der Waals surface area contributed by atoms with Crippen molar-refractivity contribution in [2.24, 2.45) is 5.73 Å². The molecule has 0 radical (unpaired) electrons. The van der Waals surface area contributed by atoms with E-state index in [9.17, 15) is 18.3 Å². The number of hydrogen-bond donors (Lipinski definition) is 2. The highest BCUT2D eigenvalue weighted by Gasteiger charge is 2.31. The van der Waals surface area contributed by atoms with Gasteiger partial charge in [-0.3, -0.25) is 4.98 Å². The standard InChI is InChI=1S/C23H20Cl2F3N3O/c24-16-7-14(8-17(25)9-16)19-11-30-10-18(13-1-3-15(4-2-13)23(26,27)28)22(19)31-6-5-20(29)21(32)12-31/h1-4,7-11,20-21,32H,5-6,12,29H2/t20-,21+/m1/s1. The first-order valence-electron chi connectivity index (χ1n) is 9.94. The summed E-state index contributed by atoms with van der Waals surface area (Å²) < 4.78 is 39.1. The minimum atomic E-state index is -4.42. The molecule has 2 heterocycles. The molecular weight excluding hydrogens is 462 g/mol. The molecule has 1 saturated heterocycles. The van der Waals surface area contributed by atoms with Crippen molar-refractivity contribution in [3.63, 3.8) is 0 Å². The van der Waals surface area contributed by atoms with Gasteiger partial charge in [0.2, 0.25) is 0 Å². The van der Waals surface area contributed by atoms with Crippen LogP contribution in [0.3, 0.4) is 0 Å². The van der Waals surface area contributed by atoms with Gasteiger partial charge in [-0.15, -0.1) is 0 Å². The summed E-state index contributed by atoms with van der Waals surface area (Å²) in [6.07, 6.45) is -1.34. The second-order valence-electron chi connectivity index (χ2n) is 7.78. The van der Waals surface area contributed by atoms with Crippen molar-refractivity contribution in [3.05, 3.63) is 70.5 Å². The Bertz CT molecular complexity index is 1100. The smallest absolute Gasteiger partial charge is 0.390 e. The molecule has 3 aromatic rings. The summed E-state index contributed by atoms with van der Waals surface area (Å²) in [7, 11) is 0. The molecule has 2 atom stereocenters. The Balaban J connectivity index is 1.88. The van der Waals surface area contributed by atoms with E-state index in [4.69, 9.17) is 28.9 Å². The van der Waals surface area contributed by atoms with E-state index < -0.39 is 17.8 Å². The van der Waals surface area contributed by atoms with Gasteiger partial charge in [-0.05, 0) is 47.9 Å². The number of hydrogen-bond acceptors (Lipinski definition) is 4. The Kier molecular flexibility index (Phi) is 6.36. The molecule has 0 bridgehead atoms. The average molecular weight is 482 g/mol. The van der Waals surface area contributed by atoms with Crippen LogP contribution < -0.4 is 10.6 Å². The van der Waals surface area contributed by atoms with Crippen molar-refractivity contribution in [2.75, 3.05) is 18.0 Å². The van der Waals surface area contributed by atoms with Crippen LogP contribution in [0, 0.1) is 0 Å². The number of aliphatic hydroxyl groups is 1. The first kappa shape index (κ1) is 22.9. The minimum absolute atomic E-state index is 0.278. The lowest BCUT2D eigenvalue weighted by Crippen LogP contribution is -2.50. The van der Waals surface area contributed by atoms with Gasteiger partial charge in [0, 0.05) is 52.7 Å². The van der Waals surface area contributed by atoms with Crippen LogP contribution in [0.5, 0.6) is 0 Å². The van der Waals surface area contributed by atoms with Gasteiger partial charge in [-0.1, -0.05) is 35.3 Å². The zero-order valence-electron chi connectivity index (χ0n) is 16.8. The molecule has 4 rings (SSSR count). The fourth-order valence-corrected chi connectivity index (χ4v) is 4.44. The van der Waals surface area contributed by atoms with Crippen molar-refractivity contribution in [1.29, 1.82) is 0 Å². The van der Waals surface area contributed by atoms with E-state index in [0.717, 1.165) is 17.8 Å². The number of benzene rings is 2. The number of piperidine rings is 1. The third-order valence-corrected chi connectivity index (χ3v) is 6.00. The number of nitrogens with zero attached hydrogens (tertiary/aromatic N) is 2. The molecule has 0 amide bonds. The predicted octanol–water partition coefficient (Wildman–Crippen LogP) is 5.64. The van der Waals surface area contributed by atoms with E-state index in [0.29, 0.717) is 45.3 Å². The van der Waals surface area contributed by atoms with Crippen LogP contribution in [-0.2, 0) is 6.18 Å². The molecule has 9 heteroatoms. The topological polar surface area (TPSA) is 62.4 Å². The Morgan fingerprint density at radius 1 is 0.969 bits per heavy atom. The molecule has 1 aliphatic rings. The second-order valence-corrected chi connectivity index (χ2v) is 8.66. The van der Waals surface area contributed by atoms with Crippen LogP contribution in [0.2, 0.25) is 10.0 Å². The van der Waals surface area contributed by atoms with Gasteiger partial charge in [0.05, 0.1) is 17.4 Å². The van der Waals surface area contributed by atoms with Crippen LogP contribution in [0.25, 0.3) is 22.3 Å². The zero-order chi connectivity index (χ0) is 23.0. The Hall–Kier alpha value is -2.32. The van der Waals surface area contributed by atoms with Crippen molar-refractivity contribution < 1.29 is 18.3 Å². The Morgan fingerprint density at radius 3 is 2.12 bits per heavy atom. The second kappa shape index (κ2) is 8.90. The molecule has 0 spiro atoms. The Labute approximate surface area is 193 Å². The van der Waals surface area contributed by atoms with Crippen LogP contribution in [0.1, 0.15) is 12.0 Å². The lowest BCUT2D eigenvalue weighted by molar-refractivity contribution is -0.137. The SMILES string of the molecule is N[C@@H]1CCN(c2c(-c3ccc(C(F)(F)F)cc3)cncc2-c2cc(Cl)cc(Cl)c2)C[C@@H]1O. The van der Waals surface area contributed by atoms with Crippen molar-refractivity contribution in [3.8, 4) is 22.3 Å². The van der Waals surface area contributed by atoms with Gasteiger partial charge in [0.1, 0.15) is 0 Å².